The van der Waals surface area contributed by atoms with Crippen LogP contribution in [0.15, 0.2) is 42.6 Å². The summed E-state index contributed by atoms with van der Waals surface area (Å²) in [6, 6.07) is 0. The van der Waals surface area contributed by atoms with Gasteiger partial charge in [-0.2, -0.15) is 5.10 Å². The lowest BCUT2D eigenvalue weighted by Crippen LogP contribution is -2.11. The summed E-state index contributed by atoms with van der Waals surface area (Å²) in [4.78, 5) is 25.0. The van der Waals surface area contributed by atoms with E-state index in [1.54, 1.807) is 41.9 Å². The summed E-state index contributed by atoms with van der Waals surface area (Å²) < 4.78 is 3.48. The van der Waals surface area contributed by atoms with E-state index in [4.69, 9.17) is 0 Å². The van der Waals surface area contributed by atoms with E-state index in [2.05, 4.69) is 25.4 Å². The monoisotopic (exact) mass is 325 g/mol. The van der Waals surface area contributed by atoms with Crippen LogP contribution in [0.5, 0.6) is 0 Å². The number of carbonyl (C=O) groups excluding carboxylic acids is 1. The third-order valence-electron chi connectivity index (χ3n) is 3.20. The molecule has 4 aromatic rings. The molecule has 8 nitrogen and oxygen atoms in total. The standard InChI is InChI=1S/C14H11N7OS/c1-20-6-9(4-17-20)18-13(22)11-8-23-14(19-11)10-7-21-3-2-15-12(21)5-16-10/h2-8H,1H3,(H,18,22). The maximum absolute atomic E-state index is 12.2. The maximum atomic E-state index is 12.2. The minimum atomic E-state index is -0.274. The summed E-state index contributed by atoms with van der Waals surface area (Å²) in [7, 11) is 1.79. The lowest BCUT2D eigenvalue weighted by atomic mass is 10.4. The zero-order valence-electron chi connectivity index (χ0n) is 12.0. The van der Waals surface area contributed by atoms with Crippen LogP contribution in [-0.2, 0) is 7.05 Å². The molecule has 4 rings (SSSR count). The van der Waals surface area contributed by atoms with E-state index in [0.717, 1.165) is 5.65 Å². The Hall–Kier alpha value is -3.07. The highest BCUT2D eigenvalue weighted by molar-refractivity contribution is 7.13. The zero-order chi connectivity index (χ0) is 15.8. The zero-order valence-corrected chi connectivity index (χ0v) is 12.9. The third-order valence-corrected chi connectivity index (χ3v) is 4.06. The van der Waals surface area contributed by atoms with E-state index >= 15 is 0 Å². The lowest BCUT2D eigenvalue weighted by Gasteiger charge is -1.99. The number of hydrogen-bond donors (Lipinski definition) is 1. The molecule has 114 valence electrons. The first kappa shape index (κ1) is 13.6. The van der Waals surface area contributed by atoms with Gasteiger partial charge in [0.05, 0.1) is 18.1 Å². The van der Waals surface area contributed by atoms with Gasteiger partial charge in [0.1, 0.15) is 16.4 Å². The molecule has 0 radical (unpaired) electrons. The van der Waals surface area contributed by atoms with Crippen molar-refractivity contribution in [2.75, 3.05) is 5.32 Å². The molecule has 1 amide bonds. The highest BCUT2D eigenvalue weighted by atomic mass is 32.1. The number of imidazole rings is 1. The van der Waals surface area contributed by atoms with Crippen LogP contribution in [-0.4, -0.2) is 35.0 Å². The molecule has 4 aromatic heterocycles. The van der Waals surface area contributed by atoms with Gasteiger partial charge in [0.25, 0.3) is 5.91 Å². The first-order chi connectivity index (χ1) is 11.2. The Morgan fingerprint density at radius 2 is 2.17 bits per heavy atom. The van der Waals surface area contributed by atoms with Crippen molar-refractivity contribution in [1.29, 1.82) is 0 Å². The fourth-order valence-corrected chi connectivity index (χ4v) is 2.87. The van der Waals surface area contributed by atoms with Crippen LogP contribution in [0.2, 0.25) is 0 Å². The van der Waals surface area contributed by atoms with Crippen LogP contribution in [0, 0.1) is 0 Å². The quantitative estimate of drug-likeness (QED) is 0.621. The highest BCUT2D eigenvalue weighted by Gasteiger charge is 2.14. The summed E-state index contributed by atoms with van der Waals surface area (Å²) in [6.45, 7) is 0. The number of amides is 1. The topological polar surface area (TPSA) is 90.0 Å². The van der Waals surface area contributed by atoms with Crippen LogP contribution in [0.25, 0.3) is 16.3 Å². The van der Waals surface area contributed by atoms with Crippen molar-refractivity contribution >= 4 is 28.6 Å². The molecule has 0 fully saturated rings. The Kier molecular flexibility index (Phi) is 3.12. The van der Waals surface area contributed by atoms with Gasteiger partial charge in [0.15, 0.2) is 5.65 Å². The predicted octanol–water partition coefficient (Wildman–Crippen LogP) is 1.84. The second kappa shape index (κ2) is 5.29. The van der Waals surface area contributed by atoms with Crippen molar-refractivity contribution < 1.29 is 4.79 Å². The first-order valence-corrected chi connectivity index (χ1v) is 7.61. The van der Waals surface area contributed by atoms with E-state index in [1.807, 2.05) is 16.8 Å². The molecule has 4 heterocycles. The second-order valence-electron chi connectivity index (χ2n) is 4.86. The fraction of sp³-hybridized carbons (Fsp3) is 0.0714. The molecule has 23 heavy (non-hydrogen) atoms. The van der Waals surface area contributed by atoms with Gasteiger partial charge in [-0.25, -0.2) is 15.0 Å². The SMILES string of the molecule is Cn1cc(NC(=O)c2csc(-c3cn4ccnc4cn3)n2)cn1. The summed E-state index contributed by atoms with van der Waals surface area (Å²) in [5.41, 5.74) is 2.44. The Morgan fingerprint density at radius 1 is 1.26 bits per heavy atom. The molecule has 0 aliphatic carbocycles. The minimum Gasteiger partial charge on any atom is -0.318 e. The molecular weight excluding hydrogens is 314 g/mol. The smallest absolute Gasteiger partial charge is 0.275 e. The average Bonchev–Trinajstić information content (AvgIpc) is 3.26. The van der Waals surface area contributed by atoms with Gasteiger partial charge >= 0.3 is 0 Å². The Balaban J connectivity index is 1.59. The lowest BCUT2D eigenvalue weighted by molar-refractivity contribution is 0.102. The molecule has 9 heteroatoms. The van der Waals surface area contributed by atoms with Gasteiger partial charge < -0.3 is 9.72 Å². The van der Waals surface area contributed by atoms with Gasteiger partial charge in [-0.3, -0.25) is 9.48 Å². The van der Waals surface area contributed by atoms with E-state index in [9.17, 15) is 4.79 Å². The number of nitrogens with one attached hydrogen (secondary N) is 1. The molecule has 0 unspecified atom stereocenters. The number of rotatable bonds is 3. The Bertz CT molecular complexity index is 999. The van der Waals surface area contributed by atoms with Crippen molar-refractivity contribution in [1.82, 2.24) is 29.1 Å². The predicted molar refractivity (Wildman–Crippen MR) is 85.3 cm³/mol. The van der Waals surface area contributed by atoms with E-state index in [-0.39, 0.29) is 5.91 Å². The largest absolute Gasteiger partial charge is 0.318 e. The number of fused-ring (bicyclic) bond motifs is 1. The molecule has 0 aromatic carbocycles. The van der Waals surface area contributed by atoms with Crippen LogP contribution in [0.4, 0.5) is 5.69 Å². The second-order valence-corrected chi connectivity index (χ2v) is 5.72. The molecule has 0 saturated heterocycles. The van der Waals surface area contributed by atoms with E-state index in [1.165, 1.54) is 11.3 Å². The fourth-order valence-electron chi connectivity index (χ4n) is 2.11. The Labute approximate surface area is 134 Å². The maximum Gasteiger partial charge on any atom is 0.275 e. The summed E-state index contributed by atoms with van der Waals surface area (Å²) >= 11 is 1.37. The average molecular weight is 325 g/mol. The van der Waals surface area contributed by atoms with Crippen LogP contribution >= 0.6 is 11.3 Å². The number of aryl methyl sites for hydroxylation is 1. The third kappa shape index (κ3) is 2.57. The number of anilines is 1. The number of aromatic nitrogens is 6. The normalized spacial score (nSPS) is 11.0. The van der Waals surface area contributed by atoms with Gasteiger partial charge in [-0.05, 0) is 0 Å². The number of thiazole rings is 1. The molecule has 0 saturated carbocycles. The molecule has 0 aliphatic heterocycles. The van der Waals surface area contributed by atoms with Gasteiger partial charge in [0.2, 0.25) is 0 Å². The molecule has 0 bridgehead atoms. The number of hydrogen-bond acceptors (Lipinski definition) is 6. The van der Waals surface area contributed by atoms with Gasteiger partial charge in [-0.15, -0.1) is 11.3 Å². The van der Waals surface area contributed by atoms with Crippen molar-refractivity contribution in [2.24, 2.45) is 7.05 Å². The molecule has 1 N–H and O–H groups in total. The van der Waals surface area contributed by atoms with Crippen LogP contribution in [0.3, 0.4) is 0 Å². The molecular formula is C14H11N7OS. The van der Waals surface area contributed by atoms with E-state index < -0.39 is 0 Å². The van der Waals surface area contributed by atoms with Crippen molar-refractivity contribution in [3.05, 3.63) is 48.3 Å². The molecule has 0 spiro atoms. The summed E-state index contributed by atoms with van der Waals surface area (Å²) in [5, 5.41) is 9.15. The molecule has 0 atom stereocenters. The number of nitrogens with zero attached hydrogens (tertiary/aromatic N) is 6. The number of carbonyl (C=O) groups is 1. The summed E-state index contributed by atoms with van der Waals surface area (Å²) in [5.74, 6) is -0.274. The van der Waals surface area contributed by atoms with Crippen molar-refractivity contribution in [3.8, 4) is 10.7 Å². The first-order valence-electron chi connectivity index (χ1n) is 6.74. The molecule has 0 aliphatic rings. The van der Waals surface area contributed by atoms with Gasteiger partial charge in [0, 0.05) is 37.2 Å². The highest BCUT2D eigenvalue weighted by Crippen LogP contribution is 2.22. The summed E-state index contributed by atoms with van der Waals surface area (Å²) in [6.07, 6.45) is 10.4. The van der Waals surface area contributed by atoms with Crippen LogP contribution < -0.4 is 5.32 Å². The minimum absolute atomic E-state index is 0.274. The van der Waals surface area contributed by atoms with Gasteiger partial charge in [-0.1, -0.05) is 0 Å². The Morgan fingerprint density at radius 3 is 3.00 bits per heavy atom. The van der Waals surface area contributed by atoms with Crippen molar-refractivity contribution in [3.63, 3.8) is 0 Å². The van der Waals surface area contributed by atoms with E-state index in [0.29, 0.717) is 22.1 Å². The van der Waals surface area contributed by atoms with Crippen LogP contribution in [0.1, 0.15) is 10.5 Å². The van der Waals surface area contributed by atoms with Crippen molar-refractivity contribution in [2.45, 2.75) is 0 Å².